The van der Waals surface area contributed by atoms with E-state index in [1.54, 1.807) is 12.1 Å². The lowest BCUT2D eigenvalue weighted by molar-refractivity contribution is -0.384. The SMILES string of the molecule is COCCNc1ccc([N+](=O)[O-])cc1C(=O)OCC(=O)Nc1ccccc1SC. The van der Waals surface area contributed by atoms with Crippen LogP contribution in [0.25, 0.3) is 0 Å². The van der Waals surface area contributed by atoms with Crippen LogP contribution in [0.3, 0.4) is 0 Å². The normalized spacial score (nSPS) is 10.3. The number of anilines is 2. The van der Waals surface area contributed by atoms with E-state index in [-0.39, 0.29) is 11.3 Å². The molecule has 0 aliphatic heterocycles. The summed E-state index contributed by atoms with van der Waals surface area (Å²) in [5, 5.41) is 16.7. The maximum Gasteiger partial charge on any atom is 0.341 e. The first-order chi connectivity index (χ1) is 14.0. The van der Waals surface area contributed by atoms with Gasteiger partial charge in [-0.05, 0) is 24.5 Å². The number of hydrogen-bond acceptors (Lipinski definition) is 8. The molecule has 0 saturated heterocycles. The summed E-state index contributed by atoms with van der Waals surface area (Å²) in [5.74, 6) is -1.36. The Morgan fingerprint density at radius 3 is 2.62 bits per heavy atom. The second-order valence-corrected chi connectivity index (χ2v) is 6.58. The number of nitrogens with one attached hydrogen (secondary N) is 2. The first-order valence-corrected chi connectivity index (χ1v) is 9.80. The van der Waals surface area contributed by atoms with E-state index in [9.17, 15) is 19.7 Å². The predicted octanol–water partition coefficient (Wildman–Crippen LogP) is 3.17. The van der Waals surface area contributed by atoms with E-state index in [1.165, 1.54) is 31.0 Å². The van der Waals surface area contributed by atoms with Crippen LogP contribution in [0, 0.1) is 10.1 Å². The molecule has 29 heavy (non-hydrogen) atoms. The van der Waals surface area contributed by atoms with Crippen molar-refractivity contribution in [1.82, 2.24) is 0 Å². The summed E-state index contributed by atoms with van der Waals surface area (Å²) in [6.07, 6.45) is 1.88. The van der Waals surface area contributed by atoms with Crippen LogP contribution in [0.15, 0.2) is 47.4 Å². The summed E-state index contributed by atoms with van der Waals surface area (Å²) in [5.41, 5.74) is 0.671. The number of carbonyl (C=O) groups excluding carboxylic acids is 2. The third-order valence-corrected chi connectivity index (χ3v) is 4.57. The van der Waals surface area contributed by atoms with Crippen LogP contribution in [0.5, 0.6) is 0 Å². The number of hydrogen-bond donors (Lipinski definition) is 2. The number of non-ortho nitro benzene ring substituents is 1. The molecule has 0 bridgehead atoms. The molecule has 0 fully saturated rings. The number of ether oxygens (including phenoxy) is 2. The van der Waals surface area contributed by atoms with Gasteiger partial charge in [-0.1, -0.05) is 12.1 Å². The number of thioether (sulfide) groups is 1. The second kappa shape index (κ2) is 11.0. The highest BCUT2D eigenvalue weighted by Gasteiger charge is 2.19. The first kappa shape index (κ1) is 22.2. The quantitative estimate of drug-likeness (QED) is 0.198. The van der Waals surface area contributed by atoms with Crippen molar-refractivity contribution in [2.45, 2.75) is 4.90 Å². The smallest absolute Gasteiger partial charge is 0.341 e. The highest BCUT2D eigenvalue weighted by molar-refractivity contribution is 7.98. The van der Waals surface area contributed by atoms with Gasteiger partial charge in [-0.25, -0.2) is 4.79 Å². The largest absolute Gasteiger partial charge is 0.452 e. The minimum atomic E-state index is -0.845. The van der Waals surface area contributed by atoms with Crippen molar-refractivity contribution >= 4 is 40.7 Å². The lowest BCUT2D eigenvalue weighted by Gasteiger charge is -2.12. The minimum Gasteiger partial charge on any atom is -0.452 e. The van der Waals surface area contributed by atoms with E-state index in [0.29, 0.717) is 24.5 Å². The van der Waals surface area contributed by atoms with Crippen molar-refractivity contribution in [2.75, 3.05) is 43.8 Å². The lowest BCUT2D eigenvalue weighted by Crippen LogP contribution is -2.22. The van der Waals surface area contributed by atoms with Crippen LogP contribution >= 0.6 is 11.8 Å². The number of rotatable bonds is 10. The van der Waals surface area contributed by atoms with Crippen LogP contribution in [0.1, 0.15) is 10.4 Å². The summed E-state index contributed by atoms with van der Waals surface area (Å²) in [6.45, 7) is 0.241. The Morgan fingerprint density at radius 2 is 1.93 bits per heavy atom. The summed E-state index contributed by atoms with van der Waals surface area (Å²) in [7, 11) is 1.53. The monoisotopic (exact) mass is 419 g/mol. The molecule has 1 amide bonds. The molecule has 2 N–H and O–H groups in total. The molecule has 0 radical (unpaired) electrons. The average molecular weight is 419 g/mol. The Morgan fingerprint density at radius 1 is 1.17 bits per heavy atom. The van der Waals surface area contributed by atoms with Crippen LogP contribution in [0.4, 0.5) is 17.1 Å². The fourth-order valence-corrected chi connectivity index (χ4v) is 2.95. The van der Waals surface area contributed by atoms with Gasteiger partial charge in [0, 0.05) is 36.4 Å². The number of nitro groups is 1. The van der Waals surface area contributed by atoms with Crippen molar-refractivity contribution in [2.24, 2.45) is 0 Å². The zero-order valence-corrected chi connectivity index (χ0v) is 16.8. The Hall–Kier alpha value is -3.11. The molecule has 2 rings (SSSR count). The summed E-state index contributed by atoms with van der Waals surface area (Å²) < 4.78 is 10.0. The maximum absolute atomic E-state index is 12.5. The molecule has 0 aliphatic rings. The summed E-state index contributed by atoms with van der Waals surface area (Å²) in [4.78, 5) is 35.9. The van der Waals surface area contributed by atoms with Crippen molar-refractivity contribution < 1.29 is 24.0 Å². The Balaban J connectivity index is 2.07. The predicted molar refractivity (Wildman–Crippen MR) is 111 cm³/mol. The van der Waals surface area contributed by atoms with Gasteiger partial charge in [-0.15, -0.1) is 11.8 Å². The molecule has 2 aromatic rings. The fourth-order valence-electron chi connectivity index (χ4n) is 2.40. The summed E-state index contributed by atoms with van der Waals surface area (Å²) in [6, 6.07) is 11.0. The molecule has 10 heteroatoms. The van der Waals surface area contributed by atoms with Crippen molar-refractivity contribution in [1.29, 1.82) is 0 Å². The molecule has 2 aromatic carbocycles. The van der Waals surface area contributed by atoms with E-state index >= 15 is 0 Å². The molecule has 0 heterocycles. The molecular formula is C19H21N3O6S. The number of benzene rings is 2. The third kappa shape index (κ3) is 6.47. The van der Waals surface area contributed by atoms with Gasteiger partial charge in [0.25, 0.3) is 11.6 Å². The number of amides is 1. The molecule has 0 saturated carbocycles. The van der Waals surface area contributed by atoms with Gasteiger partial charge in [0.1, 0.15) is 0 Å². The van der Waals surface area contributed by atoms with Gasteiger partial charge in [-0.2, -0.15) is 0 Å². The van der Waals surface area contributed by atoms with Gasteiger partial charge in [0.05, 0.1) is 22.8 Å². The number of nitro benzene ring substituents is 1. The van der Waals surface area contributed by atoms with Crippen LogP contribution < -0.4 is 10.6 Å². The number of para-hydroxylation sites is 1. The summed E-state index contributed by atoms with van der Waals surface area (Å²) >= 11 is 1.47. The minimum absolute atomic E-state index is 0.0346. The van der Waals surface area contributed by atoms with E-state index in [2.05, 4.69) is 10.6 Å². The van der Waals surface area contributed by atoms with Crippen LogP contribution in [-0.4, -0.2) is 49.9 Å². The molecule has 0 aromatic heterocycles. The molecule has 154 valence electrons. The van der Waals surface area contributed by atoms with E-state index in [0.717, 1.165) is 11.0 Å². The zero-order chi connectivity index (χ0) is 21.2. The third-order valence-electron chi connectivity index (χ3n) is 3.77. The van der Waals surface area contributed by atoms with Gasteiger partial charge in [0.15, 0.2) is 6.61 Å². The van der Waals surface area contributed by atoms with Crippen molar-refractivity contribution in [3.05, 3.63) is 58.1 Å². The number of esters is 1. The van der Waals surface area contributed by atoms with E-state index < -0.39 is 23.4 Å². The zero-order valence-electron chi connectivity index (χ0n) is 16.0. The highest BCUT2D eigenvalue weighted by atomic mass is 32.2. The van der Waals surface area contributed by atoms with Crippen molar-refractivity contribution in [3.8, 4) is 0 Å². The van der Waals surface area contributed by atoms with E-state index in [4.69, 9.17) is 9.47 Å². The molecule has 0 aliphatic carbocycles. The first-order valence-electron chi connectivity index (χ1n) is 8.57. The lowest BCUT2D eigenvalue weighted by atomic mass is 10.1. The van der Waals surface area contributed by atoms with Gasteiger partial charge in [-0.3, -0.25) is 14.9 Å². The maximum atomic E-state index is 12.5. The van der Waals surface area contributed by atoms with Gasteiger partial charge in [0.2, 0.25) is 0 Å². The molecule has 0 atom stereocenters. The topological polar surface area (TPSA) is 120 Å². The molecular weight excluding hydrogens is 398 g/mol. The van der Waals surface area contributed by atoms with Crippen molar-refractivity contribution in [3.63, 3.8) is 0 Å². The Labute approximate surface area is 171 Å². The molecule has 0 unspecified atom stereocenters. The number of nitrogens with zero attached hydrogens (tertiary/aromatic N) is 1. The standard InChI is InChI=1S/C19H21N3O6S/c1-27-10-9-20-15-8-7-13(22(25)26)11-14(15)19(24)28-12-18(23)21-16-5-3-4-6-17(16)29-2/h3-8,11,20H,9-10,12H2,1-2H3,(H,21,23). The Bertz CT molecular complexity index is 890. The number of carbonyl (C=O) groups is 2. The molecule has 0 spiro atoms. The average Bonchev–Trinajstić information content (AvgIpc) is 2.72. The van der Waals surface area contributed by atoms with Gasteiger partial charge < -0.3 is 20.1 Å². The second-order valence-electron chi connectivity index (χ2n) is 5.73. The number of methoxy groups -OCH3 is 1. The highest BCUT2D eigenvalue weighted by Crippen LogP contribution is 2.25. The molecule has 9 nitrogen and oxygen atoms in total. The van der Waals surface area contributed by atoms with Gasteiger partial charge >= 0.3 is 5.97 Å². The van der Waals surface area contributed by atoms with E-state index in [1.807, 2.05) is 18.4 Å². The van der Waals surface area contributed by atoms with Crippen LogP contribution in [0.2, 0.25) is 0 Å². The van der Waals surface area contributed by atoms with Crippen LogP contribution in [-0.2, 0) is 14.3 Å². The Kier molecular flexibility index (Phi) is 8.44. The fraction of sp³-hybridized carbons (Fsp3) is 0.263.